The summed E-state index contributed by atoms with van der Waals surface area (Å²) in [7, 11) is 5.87. The SMILES string of the molecule is CC[C@H](C)[C@@H]([C@@H](CC(=O)N1CCC[C@H]1[C@H](OC)[C@@H](C)C(=O)N[C@H](C)[C@@H](O)c1ccccc1)OC)N(C)C(=O)[C@H](CCCNC(N)=O)NC(=O)[C@H](C(C)C)N(C)C(=O)O. The maximum absolute atomic E-state index is 14.4. The van der Waals surface area contributed by atoms with E-state index in [0.717, 1.165) is 4.90 Å². The first kappa shape index (κ1) is 49.7. The fraction of sp³-hybridized carbons (Fsp3) is 0.707. The Morgan fingerprint density at radius 3 is 2.12 bits per heavy atom. The van der Waals surface area contributed by atoms with Gasteiger partial charge in [0.1, 0.15) is 12.1 Å². The van der Waals surface area contributed by atoms with Crippen LogP contribution in [0.2, 0.25) is 0 Å². The maximum atomic E-state index is 14.4. The molecule has 10 atom stereocenters. The number of amides is 7. The molecule has 0 saturated carbocycles. The van der Waals surface area contributed by atoms with E-state index in [0.29, 0.717) is 31.4 Å². The molecule has 0 aliphatic carbocycles. The molecule has 1 aromatic carbocycles. The first-order valence-corrected chi connectivity index (χ1v) is 20.3. The van der Waals surface area contributed by atoms with Crippen LogP contribution in [0.1, 0.15) is 91.7 Å². The molecule has 0 aromatic heterocycles. The molecule has 0 radical (unpaired) electrons. The largest absolute Gasteiger partial charge is 0.465 e. The molecule has 328 valence electrons. The smallest absolute Gasteiger partial charge is 0.407 e. The van der Waals surface area contributed by atoms with E-state index in [1.165, 1.54) is 26.2 Å². The lowest BCUT2D eigenvalue weighted by Gasteiger charge is -2.40. The molecule has 1 fully saturated rings. The summed E-state index contributed by atoms with van der Waals surface area (Å²) >= 11 is 0. The zero-order valence-electron chi connectivity index (χ0n) is 36.0. The van der Waals surface area contributed by atoms with Crippen molar-refractivity contribution in [2.75, 3.05) is 41.4 Å². The van der Waals surface area contributed by atoms with Crippen molar-refractivity contribution in [3.8, 4) is 0 Å². The summed E-state index contributed by atoms with van der Waals surface area (Å²) < 4.78 is 11.9. The number of aliphatic hydroxyl groups excluding tert-OH is 1. The zero-order valence-corrected chi connectivity index (χ0v) is 36.0. The number of urea groups is 1. The van der Waals surface area contributed by atoms with Crippen LogP contribution in [0.4, 0.5) is 9.59 Å². The van der Waals surface area contributed by atoms with Crippen molar-refractivity contribution in [2.45, 2.75) is 129 Å². The highest BCUT2D eigenvalue weighted by Gasteiger charge is 2.43. The average Bonchev–Trinajstić information content (AvgIpc) is 3.67. The summed E-state index contributed by atoms with van der Waals surface area (Å²) in [5.41, 5.74) is 5.90. The van der Waals surface area contributed by atoms with Gasteiger partial charge in [-0.2, -0.15) is 0 Å². The van der Waals surface area contributed by atoms with Crippen molar-refractivity contribution in [1.29, 1.82) is 0 Å². The lowest BCUT2D eigenvalue weighted by molar-refractivity contribution is -0.147. The van der Waals surface area contributed by atoms with Crippen LogP contribution in [-0.2, 0) is 28.7 Å². The minimum absolute atomic E-state index is 0.0880. The maximum Gasteiger partial charge on any atom is 0.407 e. The number of nitrogens with zero attached hydrogens (tertiary/aromatic N) is 3. The molecule has 17 nitrogen and oxygen atoms in total. The van der Waals surface area contributed by atoms with Gasteiger partial charge >= 0.3 is 12.1 Å². The fourth-order valence-electron chi connectivity index (χ4n) is 8.00. The number of methoxy groups -OCH3 is 2. The first-order valence-electron chi connectivity index (χ1n) is 20.3. The van der Waals surface area contributed by atoms with Gasteiger partial charge in [-0.15, -0.1) is 0 Å². The average molecular weight is 820 g/mol. The number of nitrogens with one attached hydrogen (secondary N) is 3. The second-order valence-electron chi connectivity index (χ2n) is 15.8. The van der Waals surface area contributed by atoms with Crippen LogP contribution in [-0.4, -0.2) is 144 Å². The fourth-order valence-corrected chi connectivity index (χ4v) is 8.00. The summed E-state index contributed by atoms with van der Waals surface area (Å²) in [6, 6.07) is 4.50. The highest BCUT2D eigenvalue weighted by Crippen LogP contribution is 2.30. The number of rotatable bonds is 23. The second kappa shape index (κ2) is 23.8. The van der Waals surface area contributed by atoms with Gasteiger partial charge in [-0.05, 0) is 50.0 Å². The third-order valence-corrected chi connectivity index (χ3v) is 11.4. The predicted octanol–water partition coefficient (Wildman–Crippen LogP) is 2.71. The third kappa shape index (κ3) is 13.5. The van der Waals surface area contributed by atoms with Gasteiger partial charge < -0.3 is 51.2 Å². The minimum Gasteiger partial charge on any atom is -0.465 e. The van der Waals surface area contributed by atoms with Crippen LogP contribution in [0, 0.1) is 17.8 Å². The standard InChI is InChI=1S/C41H69N7O10/c1-11-25(4)34(46(7)39(53)29(19-15-21-43-40(42)54)45-38(52)33(24(2)3)47(8)41(55)56)31(57-9)23-32(49)48-22-16-20-30(48)36(58-10)26(5)37(51)44-27(6)35(50)28-17-13-12-14-18-28/h12-14,17-18,24-27,29-31,33-36,50H,11,15-16,19-23H2,1-10H3,(H,44,51)(H,45,52)(H,55,56)(H3,42,43,54)/t25-,26+,27+,29-,30-,31+,33-,34-,35+,36+/m0/s1. The van der Waals surface area contributed by atoms with Crippen molar-refractivity contribution in [3.63, 3.8) is 0 Å². The number of likely N-dealkylation sites (tertiary alicyclic amines) is 1. The van der Waals surface area contributed by atoms with Crippen molar-refractivity contribution in [2.24, 2.45) is 23.5 Å². The summed E-state index contributed by atoms with van der Waals surface area (Å²) in [4.78, 5) is 83.0. The Labute approximate surface area is 343 Å². The Hall–Kier alpha value is -4.48. The predicted molar refractivity (Wildman–Crippen MR) is 218 cm³/mol. The van der Waals surface area contributed by atoms with Gasteiger partial charge in [0.05, 0.1) is 48.8 Å². The molecule has 17 heteroatoms. The molecule has 58 heavy (non-hydrogen) atoms. The number of benzene rings is 1. The molecule has 1 aliphatic rings. The highest BCUT2D eigenvalue weighted by molar-refractivity contribution is 5.91. The van der Waals surface area contributed by atoms with Gasteiger partial charge in [0.2, 0.25) is 23.6 Å². The molecule has 1 aliphatic heterocycles. The Kier molecular flexibility index (Phi) is 20.4. The number of carbonyl (C=O) groups excluding carboxylic acids is 5. The summed E-state index contributed by atoms with van der Waals surface area (Å²) in [6.07, 6.45) is -1.43. The minimum atomic E-state index is -1.30. The third-order valence-electron chi connectivity index (χ3n) is 11.4. The zero-order chi connectivity index (χ0) is 43.9. The number of likely N-dealkylation sites (N-methyl/N-ethyl adjacent to an activating group) is 2. The van der Waals surface area contributed by atoms with Crippen LogP contribution < -0.4 is 21.7 Å². The van der Waals surface area contributed by atoms with Crippen LogP contribution in [0.15, 0.2) is 30.3 Å². The Morgan fingerprint density at radius 2 is 1.59 bits per heavy atom. The number of ether oxygens (including phenoxy) is 2. The topological polar surface area (TPSA) is 233 Å². The number of carbonyl (C=O) groups is 6. The van der Waals surface area contributed by atoms with Crippen molar-refractivity contribution in [1.82, 2.24) is 30.7 Å². The number of primary amides is 1. The molecular weight excluding hydrogens is 750 g/mol. The molecule has 7 amide bonds. The number of nitrogens with two attached hydrogens (primary N) is 1. The van der Waals surface area contributed by atoms with E-state index >= 15 is 0 Å². The first-order chi connectivity index (χ1) is 27.3. The second-order valence-corrected chi connectivity index (χ2v) is 15.8. The monoisotopic (exact) mass is 820 g/mol. The summed E-state index contributed by atoms with van der Waals surface area (Å²) in [5.74, 6) is -2.92. The molecule has 0 bridgehead atoms. The Bertz CT molecular complexity index is 1500. The van der Waals surface area contributed by atoms with Gasteiger partial charge in [0.25, 0.3) is 0 Å². The Morgan fingerprint density at radius 1 is 0.948 bits per heavy atom. The molecule has 2 rings (SSSR count). The molecule has 0 spiro atoms. The number of hydrogen-bond acceptors (Lipinski definition) is 9. The Balaban J connectivity index is 2.32. The number of hydrogen-bond donors (Lipinski definition) is 6. The van der Waals surface area contributed by atoms with Gasteiger partial charge in [-0.25, -0.2) is 9.59 Å². The lowest BCUT2D eigenvalue weighted by atomic mass is 9.89. The van der Waals surface area contributed by atoms with E-state index in [-0.39, 0.29) is 43.5 Å². The van der Waals surface area contributed by atoms with Crippen LogP contribution in [0.5, 0.6) is 0 Å². The summed E-state index contributed by atoms with van der Waals surface area (Å²) in [5, 5.41) is 28.7. The van der Waals surface area contributed by atoms with Gasteiger partial charge in [-0.1, -0.05) is 71.4 Å². The van der Waals surface area contributed by atoms with E-state index in [2.05, 4.69) is 16.0 Å². The van der Waals surface area contributed by atoms with Crippen LogP contribution >= 0.6 is 0 Å². The number of aliphatic hydroxyl groups is 1. The van der Waals surface area contributed by atoms with Crippen molar-refractivity contribution >= 4 is 35.8 Å². The van der Waals surface area contributed by atoms with Gasteiger partial charge in [-0.3, -0.25) is 24.1 Å². The molecule has 1 heterocycles. The van der Waals surface area contributed by atoms with E-state index in [9.17, 15) is 39.0 Å². The molecule has 0 unspecified atom stereocenters. The van der Waals surface area contributed by atoms with Crippen molar-refractivity contribution < 1.29 is 48.5 Å². The van der Waals surface area contributed by atoms with Crippen LogP contribution in [0.3, 0.4) is 0 Å². The van der Waals surface area contributed by atoms with Crippen molar-refractivity contribution in [3.05, 3.63) is 35.9 Å². The normalized spacial score (nSPS) is 18.8. The summed E-state index contributed by atoms with van der Waals surface area (Å²) in [6.45, 7) is 11.4. The van der Waals surface area contributed by atoms with Crippen LogP contribution in [0.25, 0.3) is 0 Å². The highest BCUT2D eigenvalue weighted by atomic mass is 16.5. The van der Waals surface area contributed by atoms with E-state index < -0.39 is 84.3 Å². The van der Waals surface area contributed by atoms with Gasteiger partial charge in [0.15, 0.2) is 0 Å². The molecular formula is C41H69N7O10. The van der Waals surface area contributed by atoms with E-state index in [1.54, 1.807) is 51.8 Å². The van der Waals surface area contributed by atoms with Gasteiger partial charge in [0, 0.05) is 41.4 Å². The quantitative estimate of drug-likeness (QED) is 0.0884. The van der Waals surface area contributed by atoms with E-state index in [1.807, 2.05) is 32.0 Å². The molecule has 1 aromatic rings. The molecule has 7 N–H and O–H groups in total. The lowest BCUT2D eigenvalue weighted by Crippen LogP contribution is -2.59. The molecule has 1 saturated heterocycles. The van der Waals surface area contributed by atoms with E-state index in [4.69, 9.17) is 15.2 Å². The number of carboxylic acid groups (broad SMARTS) is 1.